The van der Waals surface area contributed by atoms with Crippen LogP contribution in [0.25, 0.3) is 77.7 Å². The summed E-state index contributed by atoms with van der Waals surface area (Å²) in [5.74, 6) is 0.823. The Labute approximate surface area is 382 Å². The van der Waals surface area contributed by atoms with Crippen molar-refractivity contribution in [3.63, 3.8) is 0 Å². The fraction of sp³-hybridized carbons (Fsp3) is 0.0526. The summed E-state index contributed by atoms with van der Waals surface area (Å²) in [7, 11) is 2.09. The monoisotopic (exact) mass is 991 g/mol. The van der Waals surface area contributed by atoms with Crippen molar-refractivity contribution < 1.29 is 21.1 Å². The zero-order valence-electron chi connectivity index (χ0n) is 35.1. The van der Waals surface area contributed by atoms with E-state index < -0.39 is 0 Å². The van der Waals surface area contributed by atoms with Gasteiger partial charge in [-0.2, -0.15) is 12.1 Å². The van der Waals surface area contributed by atoms with Gasteiger partial charge >= 0.3 is 0 Å². The van der Waals surface area contributed by atoms with E-state index in [1.165, 1.54) is 27.8 Å². The minimum atomic E-state index is 0. The van der Waals surface area contributed by atoms with Crippen LogP contribution in [-0.2, 0) is 28.1 Å². The van der Waals surface area contributed by atoms with Crippen molar-refractivity contribution in [3.05, 3.63) is 224 Å². The van der Waals surface area contributed by atoms with E-state index in [0.717, 1.165) is 78.1 Å². The van der Waals surface area contributed by atoms with E-state index >= 15 is 0 Å². The van der Waals surface area contributed by atoms with Crippen LogP contribution < -0.4 is 4.90 Å². The molecule has 0 fully saturated rings. The molecule has 5 nitrogen and oxygen atoms in total. The molecular formula is C57H42N5Pt-. The molecule has 0 aliphatic heterocycles. The van der Waals surface area contributed by atoms with Crippen molar-refractivity contribution in [2.24, 2.45) is 7.05 Å². The first-order valence-corrected chi connectivity index (χ1v) is 21.0. The quantitative estimate of drug-likeness (QED) is 0.142. The van der Waals surface area contributed by atoms with Gasteiger partial charge in [0.05, 0.1) is 0 Å². The average Bonchev–Trinajstić information content (AvgIpc) is 3.84. The third-order valence-electron chi connectivity index (χ3n) is 12.0. The Bertz CT molecular complexity index is 3380. The van der Waals surface area contributed by atoms with Gasteiger partial charge in [0.2, 0.25) is 0 Å². The SMILES string of the molecule is Cc1cccc(C)c1N(c1[c-]c(-n2[cH+]n(C)c3ccccc32)ccc1)c1[c-]c2c(cc1)c1ccccc1n2-c1cc(-c2c(-c3ccccc3)cccc2-c2ccccc2)ccn1.[Pt]. The van der Waals surface area contributed by atoms with E-state index in [1.54, 1.807) is 0 Å². The van der Waals surface area contributed by atoms with Gasteiger partial charge in [-0.05, 0) is 94.1 Å². The van der Waals surface area contributed by atoms with Gasteiger partial charge in [0.25, 0.3) is 0 Å². The Hall–Kier alpha value is -7.33. The minimum absolute atomic E-state index is 0. The zero-order chi connectivity index (χ0) is 41.7. The van der Waals surface area contributed by atoms with Crippen LogP contribution in [0.1, 0.15) is 11.1 Å². The number of imidazole rings is 1. The minimum Gasteiger partial charge on any atom is -0.357 e. The first kappa shape index (κ1) is 39.8. The smallest absolute Gasteiger partial charge is 0.188 e. The predicted molar refractivity (Wildman–Crippen MR) is 257 cm³/mol. The third kappa shape index (κ3) is 6.95. The maximum absolute atomic E-state index is 5.12. The van der Waals surface area contributed by atoms with Crippen LogP contribution in [0.5, 0.6) is 0 Å². The number of nitrogens with zero attached hydrogens (tertiary/aromatic N) is 5. The predicted octanol–water partition coefficient (Wildman–Crippen LogP) is 14.4. The summed E-state index contributed by atoms with van der Waals surface area (Å²) >= 11 is 0. The summed E-state index contributed by atoms with van der Waals surface area (Å²) in [5, 5.41) is 2.25. The van der Waals surface area contributed by atoms with Gasteiger partial charge in [-0.1, -0.05) is 138 Å². The van der Waals surface area contributed by atoms with E-state index in [9.17, 15) is 0 Å². The van der Waals surface area contributed by atoms with Crippen LogP contribution >= 0.6 is 0 Å². The number of para-hydroxylation sites is 4. The maximum Gasteiger partial charge on any atom is 0.188 e. The molecule has 8 aromatic carbocycles. The summed E-state index contributed by atoms with van der Waals surface area (Å²) in [5.41, 5.74) is 17.4. The summed E-state index contributed by atoms with van der Waals surface area (Å²) in [6.45, 7) is 4.36. The van der Waals surface area contributed by atoms with Gasteiger partial charge < -0.3 is 9.47 Å². The van der Waals surface area contributed by atoms with Gasteiger partial charge in [0.15, 0.2) is 17.4 Å². The second kappa shape index (κ2) is 16.5. The number of pyridine rings is 1. The van der Waals surface area contributed by atoms with Crippen LogP contribution in [0.3, 0.4) is 0 Å². The molecule has 6 heteroatoms. The average molecular weight is 992 g/mol. The van der Waals surface area contributed by atoms with Gasteiger partial charge in [-0.15, -0.1) is 29.7 Å². The summed E-state index contributed by atoms with van der Waals surface area (Å²) in [4.78, 5) is 7.43. The number of hydrogen-bond acceptors (Lipinski definition) is 2. The molecule has 0 atom stereocenters. The molecule has 0 saturated carbocycles. The fourth-order valence-electron chi connectivity index (χ4n) is 9.23. The molecule has 0 N–H and O–H groups in total. The van der Waals surface area contributed by atoms with Crippen LogP contribution in [0.2, 0.25) is 0 Å². The van der Waals surface area contributed by atoms with E-state index in [-0.39, 0.29) is 21.1 Å². The van der Waals surface area contributed by atoms with Gasteiger partial charge in [-0.3, -0.25) is 0 Å². The molecule has 11 aromatic rings. The molecular weight excluding hydrogens is 950 g/mol. The number of benzene rings is 8. The number of aryl methyl sites for hydroxylation is 3. The Morgan fingerprint density at radius 3 is 1.84 bits per heavy atom. The molecule has 0 aliphatic rings. The number of rotatable bonds is 8. The van der Waals surface area contributed by atoms with Crippen LogP contribution in [0.4, 0.5) is 17.1 Å². The van der Waals surface area contributed by atoms with E-state index in [4.69, 9.17) is 4.98 Å². The summed E-state index contributed by atoms with van der Waals surface area (Å²) < 4.78 is 6.65. The summed E-state index contributed by atoms with van der Waals surface area (Å²) in [6.07, 6.45) is 4.07. The molecule has 0 saturated heterocycles. The molecule has 63 heavy (non-hydrogen) atoms. The molecule has 3 aromatic heterocycles. The van der Waals surface area contributed by atoms with Crippen molar-refractivity contribution in [2.45, 2.75) is 13.8 Å². The van der Waals surface area contributed by atoms with Crippen LogP contribution in [-0.4, -0.2) is 18.7 Å². The Balaban J connectivity index is 0.00000471. The number of aromatic nitrogens is 4. The summed E-state index contributed by atoms with van der Waals surface area (Å²) in [6, 6.07) is 74.5. The van der Waals surface area contributed by atoms with E-state index in [0.29, 0.717) is 0 Å². The van der Waals surface area contributed by atoms with Crippen LogP contribution in [0.15, 0.2) is 201 Å². The van der Waals surface area contributed by atoms with Gasteiger partial charge in [-0.25, -0.2) is 14.1 Å². The van der Waals surface area contributed by atoms with Crippen LogP contribution in [0, 0.1) is 26.0 Å². The Kier molecular flexibility index (Phi) is 10.4. The van der Waals surface area contributed by atoms with Gasteiger partial charge in [0, 0.05) is 63.3 Å². The largest absolute Gasteiger partial charge is 0.357 e. The Morgan fingerprint density at radius 2 is 1.13 bits per heavy atom. The first-order valence-electron chi connectivity index (χ1n) is 21.0. The molecule has 0 bridgehead atoms. The van der Waals surface area contributed by atoms with Crippen molar-refractivity contribution in [2.75, 3.05) is 4.90 Å². The standard InChI is InChI=1S/C57H42N5.Pt/c1-39-17-14-18-40(2)57(39)61(45-24-15-23-44(36-45)60-38-59(3)52-29-12-13-30-53(52)60)46-31-32-50-49-25-10-11-28-51(49)62(54(50)37-46)55-35-43(33-34-58-55)56-47(41-19-6-4-7-20-41)26-16-27-48(56)42-21-8-5-9-22-42;/h4-35,38H,1-3H3;/q-1;. The normalized spacial score (nSPS) is 11.3. The van der Waals surface area contributed by atoms with Gasteiger partial charge in [0.1, 0.15) is 5.82 Å². The molecule has 3 heterocycles. The number of hydrogen-bond donors (Lipinski definition) is 0. The molecule has 0 unspecified atom stereocenters. The van der Waals surface area contributed by atoms with Crippen molar-refractivity contribution in [3.8, 4) is 44.9 Å². The second-order valence-corrected chi connectivity index (χ2v) is 15.9. The molecule has 0 aliphatic carbocycles. The second-order valence-electron chi connectivity index (χ2n) is 15.9. The zero-order valence-corrected chi connectivity index (χ0v) is 37.4. The topological polar surface area (TPSA) is 30.9 Å². The first-order chi connectivity index (χ1) is 30.5. The molecule has 0 spiro atoms. The van der Waals surface area contributed by atoms with E-state index in [2.05, 4.69) is 246 Å². The number of fused-ring (bicyclic) bond motifs is 4. The molecule has 306 valence electrons. The number of anilines is 3. The Morgan fingerprint density at radius 1 is 0.524 bits per heavy atom. The van der Waals surface area contributed by atoms with E-state index in [1.807, 2.05) is 6.20 Å². The molecule has 11 rings (SSSR count). The molecule has 0 radical (unpaired) electrons. The van der Waals surface area contributed by atoms with Crippen molar-refractivity contribution in [1.29, 1.82) is 0 Å². The fourth-order valence-corrected chi connectivity index (χ4v) is 9.23. The van der Waals surface area contributed by atoms with Crippen molar-refractivity contribution >= 4 is 49.9 Å². The maximum atomic E-state index is 5.12. The third-order valence-corrected chi connectivity index (χ3v) is 12.0. The van der Waals surface area contributed by atoms with Crippen molar-refractivity contribution in [1.82, 2.24) is 18.7 Å². The molecule has 0 amide bonds.